The number of nitrogens with one attached hydrogen (secondary N) is 4. The van der Waals surface area contributed by atoms with Crippen molar-refractivity contribution in [3.05, 3.63) is 12.2 Å². The monoisotopic (exact) mass is 1320 g/mol. The maximum absolute atomic E-state index is 15.3. The van der Waals surface area contributed by atoms with Gasteiger partial charge in [-0.05, 0) is 113 Å². The molecule has 0 aromatic rings. The standard InChI is InChI=1S/C68H123N11O12S/c1-26-29-31-33-92-38-53-66(89)73(19)50(35-40(6)7)60(83)72-54(43(12)13)67(90)74(20)49(34-39(4)5)59(82)69-46(17)58(81)70-47(18)62(85)75(21)51(36-41(8)9)64(87)76(22)52(37-42(10)11)65(88)78(24)55(44(14)15)68(91)79(25)56(57(80)45(16)32-30-27-2)61(84)71-48(28-3)63(86)77(53)23/h27,30,39-57,80H,26,28-29,31-38H2,1-25H3,(H,69,82)(H,70,81)(H,71,84)(H,72,83)/b30-27+/t45-,46+,47-,48+,49+,50+,51+,52+,53?,54+,55+,56?,57-/m1/s1. The lowest BCUT2D eigenvalue weighted by Gasteiger charge is -2.41. The number of carbonyl (C=O) groups excluding carboxylic acids is 11. The van der Waals surface area contributed by atoms with E-state index in [9.17, 15) is 29.1 Å². The van der Waals surface area contributed by atoms with E-state index in [2.05, 4.69) is 28.2 Å². The quantitative estimate of drug-likeness (QED) is 0.0696. The van der Waals surface area contributed by atoms with Gasteiger partial charge < -0.3 is 60.7 Å². The van der Waals surface area contributed by atoms with Gasteiger partial charge in [0.1, 0.15) is 66.5 Å². The summed E-state index contributed by atoms with van der Waals surface area (Å²) in [6.45, 7) is 32.2. The fraction of sp³-hybridized carbons (Fsp3) is 0.809. The fourth-order valence-corrected chi connectivity index (χ4v) is 12.8. The van der Waals surface area contributed by atoms with Crippen LogP contribution < -0.4 is 21.3 Å². The van der Waals surface area contributed by atoms with Crippen LogP contribution >= 0.6 is 11.8 Å². The van der Waals surface area contributed by atoms with Gasteiger partial charge in [0.2, 0.25) is 65.0 Å². The number of amides is 11. The van der Waals surface area contributed by atoms with Gasteiger partial charge in [-0.1, -0.05) is 129 Å². The third-order valence-corrected chi connectivity index (χ3v) is 18.7. The third kappa shape index (κ3) is 24.2. The maximum Gasteiger partial charge on any atom is 0.246 e. The van der Waals surface area contributed by atoms with Gasteiger partial charge in [0.25, 0.3) is 0 Å². The van der Waals surface area contributed by atoms with Crippen LogP contribution in [0.4, 0.5) is 0 Å². The second-order valence-corrected chi connectivity index (χ2v) is 29.2. The maximum atomic E-state index is 15.3. The third-order valence-electron chi connectivity index (χ3n) is 17.6. The highest BCUT2D eigenvalue weighted by atomic mass is 32.2. The lowest BCUT2D eigenvalue weighted by Crippen LogP contribution is -2.64. The number of hydrogen-bond donors (Lipinski definition) is 5. The predicted octanol–water partition coefficient (Wildman–Crippen LogP) is 5.56. The van der Waals surface area contributed by atoms with Crippen molar-refractivity contribution in [1.82, 2.24) is 55.6 Å². The molecule has 0 saturated carbocycles. The van der Waals surface area contributed by atoms with Crippen molar-refractivity contribution in [2.45, 2.75) is 255 Å². The number of likely N-dealkylation sites (N-methyl/N-ethyl adjacent to an activating group) is 7. The minimum absolute atomic E-state index is 0.0193. The lowest BCUT2D eigenvalue weighted by atomic mass is 9.91. The number of carbonyl (C=O) groups is 11. The Kier molecular flexibility index (Phi) is 36.4. The molecule has 5 N–H and O–H groups in total. The van der Waals surface area contributed by atoms with Gasteiger partial charge in [0.15, 0.2) is 0 Å². The Morgan fingerprint density at radius 1 is 0.446 bits per heavy atom. The summed E-state index contributed by atoms with van der Waals surface area (Å²) in [5.74, 6) is -8.85. The van der Waals surface area contributed by atoms with Crippen LogP contribution in [0.3, 0.4) is 0 Å². The first-order valence-electron chi connectivity index (χ1n) is 33.6. The van der Waals surface area contributed by atoms with Crippen molar-refractivity contribution in [1.29, 1.82) is 0 Å². The molecule has 528 valence electrons. The summed E-state index contributed by atoms with van der Waals surface area (Å²) in [6, 6.07) is -13.6. The number of hydrogen-bond acceptors (Lipinski definition) is 13. The number of thioether (sulfide) groups is 1. The van der Waals surface area contributed by atoms with E-state index < -0.39 is 155 Å². The van der Waals surface area contributed by atoms with Crippen molar-refractivity contribution >= 4 is 76.7 Å². The van der Waals surface area contributed by atoms with Crippen molar-refractivity contribution in [2.24, 2.45) is 41.4 Å². The molecule has 0 aromatic carbocycles. The van der Waals surface area contributed by atoms with Crippen molar-refractivity contribution in [2.75, 3.05) is 60.8 Å². The normalized spacial score (nSPS) is 26.6. The van der Waals surface area contributed by atoms with E-state index in [1.807, 2.05) is 68.4 Å². The van der Waals surface area contributed by atoms with E-state index in [4.69, 9.17) is 0 Å². The first kappa shape index (κ1) is 84.2. The van der Waals surface area contributed by atoms with Crippen LogP contribution in [0.1, 0.15) is 182 Å². The average Bonchev–Trinajstić information content (AvgIpc) is 0.813. The number of unbranched alkanes of at least 4 members (excludes halogenated alkanes) is 2. The van der Waals surface area contributed by atoms with Gasteiger partial charge in [-0.25, -0.2) is 0 Å². The van der Waals surface area contributed by atoms with E-state index in [0.29, 0.717) is 12.2 Å². The van der Waals surface area contributed by atoms with E-state index in [0.717, 1.165) is 24.2 Å². The number of nitrogens with zero attached hydrogens (tertiary/aromatic N) is 7. The highest BCUT2D eigenvalue weighted by Crippen LogP contribution is 2.27. The highest BCUT2D eigenvalue weighted by Gasteiger charge is 2.46. The Hall–Kier alpha value is -5.78. The average molecular weight is 1320 g/mol. The molecule has 1 heterocycles. The molecule has 0 radical (unpaired) electrons. The summed E-state index contributed by atoms with van der Waals surface area (Å²) < 4.78 is 0. The summed E-state index contributed by atoms with van der Waals surface area (Å²) in [6.07, 6.45) is 5.76. The molecule has 0 bridgehead atoms. The molecule has 1 aliphatic rings. The zero-order valence-corrected chi connectivity index (χ0v) is 61.7. The summed E-state index contributed by atoms with van der Waals surface area (Å²) in [5.41, 5.74) is 0. The second-order valence-electron chi connectivity index (χ2n) is 28.1. The van der Waals surface area contributed by atoms with Crippen LogP contribution in [0.5, 0.6) is 0 Å². The molecular weight excluding hydrogens is 1190 g/mol. The lowest BCUT2D eigenvalue weighted by molar-refractivity contribution is -0.157. The molecule has 0 aliphatic carbocycles. The second kappa shape index (κ2) is 39.8. The molecule has 0 spiro atoms. The van der Waals surface area contributed by atoms with E-state index >= 15 is 28.8 Å². The molecule has 1 aliphatic heterocycles. The van der Waals surface area contributed by atoms with Crippen LogP contribution in [0.2, 0.25) is 0 Å². The highest BCUT2D eigenvalue weighted by molar-refractivity contribution is 7.99. The van der Waals surface area contributed by atoms with Crippen molar-refractivity contribution in [3.8, 4) is 0 Å². The Bertz CT molecular complexity index is 2480. The zero-order valence-electron chi connectivity index (χ0n) is 60.9. The van der Waals surface area contributed by atoms with Gasteiger partial charge in [-0.3, -0.25) is 52.7 Å². The summed E-state index contributed by atoms with van der Waals surface area (Å²) in [4.78, 5) is 172. The molecule has 23 nitrogen and oxygen atoms in total. The van der Waals surface area contributed by atoms with E-state index in [-0.39, 0.29) is 61.5 Å². The number of rotatable bonds is 21. The van der Waals surface area contributed by atoms with E-state index in [1.54, 1.807) is 47.6 Å². The van der Waals surface area contributed by atoms with Gasteiger partial charge in [0.05, 0.1) is 6.10 Å². The molecule has 1 fully saturated rings. The van der Waals surface area contributed by atoms with Gasteiger partial charge >= 0.3 is 0 Å². The molecule has 0 aromatic heterocycles. The topological polar surface area (TPSA) is 279 Å². The molecule has 92 heavy (non-hydrogen) atoms. The van der Waals surface area contributed by atoms with Crippen molar-refractivity contribution in [3.63, 3.8) is 0 Å². The summed E-state index contributed by atoms with van der Waals surface area (Å²) >= 11 is 1.47. The fourth-order valence-electron chi connectivity index (χ4n) is 11.6. The Labute approximate surface area is 557 Å². The summed E-state index contributed by atoms with van der Waals surface area (Å²) in [7, 11) is 10.1. The molecule has 11 amide bonds. The molecular formula is C68H123N11O12S. The van der Waals surface area contributed by atoms with E-state index in [1.165, 1.54) is 104 Å². The Morgan fingerprint density at radius 3 is 1.32 bits per heavy atom. The van der Waals surface area contributed by atoms with Gasteiger partial charge in [-0.2, -0.15) is 11.8 Å². The zero-order chi connectivity index (χ0) is 71.1. The molecule has 2 unspecified atom stereocenters. The first-order chi connectivity index (χ1) is 42.7. The minimum Gasteiger partial charge on any atom is -0.390 e. The first-order valence-corrected chi connectivity index (χ1v) is 34.8. The Morgan fingerprint density at radius 2 is 0.859 bits per heavy atom. The predicted molar refractivity (Wildman–Crippen MR) is 364 cm³/mol. The largest absolute Gasteiger partial charge is 0.390 e. The van der Waals surface area contributed by atoms with Crippen LogP contribution in [-0.2, 0) is 52.7 Å². The number of allylic oxidation sites excluding steroid dienone is 2. The van der Waals surface area contributed by atoms with Crippen molar-refractivity contribution < 1.29 is 57.8 Å². The summed E-state index contributed by atoms with van der Waals surface area (Å²) in [5, 5.41) is 23.5. The minimum atomic E-state index is -1.62. The van der Waals surface area contributed by atoms with Crippen LogP contribution in [0, 0.1) is 41.4 Å². The van der Waals surface area contributed by atoms with Crippen LogP contribution in [-0.4, -0.2) is 238 Å². The number of aliphatic hydroxyl groups is 1. The van der Waals surface area contributed by atoms with Crippen LogP contribution in [0.15, 0.2) is 12.2 Å². The Balaban J connectivity index is 4.52. The molecule has 1 saturated heterocycles. The molecule has 13 atom stereocenters. The molecule has 24 heteroatoms. The van der Waals surface area contributed by atoms with Gasteiger partial charge in [0, 0.05) is 55.1 Å². The van der Waals surface area contributed by atoms with Crippen LogP contribution in [0.25, 0.3) is 0 Å². The number of aliphatic hydroxyl groups excluding tert-OH is 1. The smallest absolute Gasteiger partial charge is 0.246 e. The SMILES string of the molecule is C/C=C/C[C@@H](C)[C@@H](O)C1C(=O)N[C@@H](CC)C(=O)N(C)C(CSCCCCC)C(=O)N(C)[C@@H](CC(C)C)C(=O)N[C@@H](C(C)C)C(=O)N(C)[C@@H](CC(C)C)C(=O)N[C@@H](C)C(=O)N[C@H](C)C(=O)N(C)[C@@H](CC(C)C)C(=O)N(C)[C@@H](CC(C)C)C(=O)N(C)[C@@H](C(C)C)C(=O)N1C. The van der Waals surface area contributed by atoms with Gasteiger partial charge in [-0.15, -0.1) is 0 Å². The molecule has 1 rings (SSSR count).